The second kappa shape index (κ2) is 7.87. The smallest absolute Gasteiger partial charge is 0.350 e. The third kappa shape index (κ3) is 4.42. The van der Waals surface area contributed by atoms with Gasteiger partial charge in [0.1, 0.15) is 5.25 Å². The monoisotopic (exact) mass is 431 g/mol. The molecule has 154 valence electrons. The van der Waals surface area contributed by atoms with Crippen molar-refractivity contribution in [2.75, 3.05) is 0 Å². The van der Waals surface area contributed by atoms with Crippen LogP contribution >= 0.6 is 0 Å². The van der Waals surface area contributed by atoms with Gasteiger partial charge in [-0.1, -0.05) is 6.42 Å². The molecule has 0 bridgehead atoms. The molecule has 0 aromatic heterocycles. The Morgan fingerprint density at radius 2 is 1.48 bits per heavy atom. The molecule has 1 aliphatic heterocycles. The summed E-state index contributed by atoms with van der Waals surface area (Å²) in [6.45, 7) is 0. The zero-order valence-corrected chi connectivity index (χ0v) is 15.3. The van der Waals surface area contributed by atoms with Crippen molar-refractivity contribution in [1.82, 2.24) is 4.90 Å². The summed E-state index contributed by atoms with van der Waals surface area (Å²) in [6, 6.07) is 0. The first-order valence-electron chi connectivity index (χ1n) is 7.41. The van der Waals surface area contributed by atoms with Gasteiger partial charge in [-0.2, -0.15) is 16.8 Å². The van der Waals surface area contributed by atoms with E-state index in [0.29, 0.717) is 0 Å². The van der Waals surface area contributed by atoms with Crippen molar-refractivity contribution in [3.8, 4) is 0 Å². The fourth-order valence-electron chi connectivity index (χ4n) is 2.87. The Balaban J connectivity index is 3.61. The molecule has 1 aliphatic rings. The van der Waals surface area contributed by atoms with Crippen LogP contribution in [0, 0.1) is 0 Å². The third-order valence-electron chi connectivity index (χ3n) is 3.99. The van der Waals surface area contributed by atoms with Crippen molar-refractivity contribution in [1.29, 1.82) is 0 Å². The Hall–Kier alpha value is -2.10. The average Bonchev–Trinajstić information content (AvgIpc) is 2.79. The maximum Gasteiger partial charge on any atom is 0.350 e. The molecule has 15 heteroatoms. The van der Waals surface area contributed by atoms with E-state index in [-0.39, 0.29) is 11.3 Å². The molecule has 0 saturated carbocycles. The van der Waals surface area contributed by atoms with E-state index in [1.54, 1.807) is 0 Å². The molecule has 4 N–H and O–H groups in total. The second-order valence-electron chi connectivity index (χ2n) is 5.74. The lowest BCUT2D eigenvalue weighted by molar-refractivity contribution is -0.157. The van der Waals surface area contributed by atoms with Crippen molar-refractivity contribution in [2.24, 2.45) is 0 Å². The topological polar surface area (TPSA) is 221 Å². The number of unbranched alkanes of at least 4 members (excludes halogenated alkanes) is 1. The first kappa shape index (κ1) is 22.9. The predicted octanol–water partition coefficient (Wildman–Crippen LogP) is -1.29. The first-order chi connectivity index (χ1) is 12.2. The number of rotatable bonds is 10. The number of imide groups is 1. The highest BCUT2D eigenvalue weighted by Gasteiger charge is 2.68. The summed E-state index contributed by atoms with van der Waals surface area (Å²) in [4.78, 5) is 41.8. The molecule has 1 rings (SSSR count). The van der Waals surface area contributed by atoms with Gasteiger partial charge in [-0.15, -0.1) is 0 Å². The number of nitrogens with zero attached hydrogens (tertiary/aromatic N) is 1. The molecule has 1 fully saturated rings. The zero-order valence-electron chi connectivity index (χ0n) is 13.6. The minimum atomic E-state index is -5.98. The fourth-order valence-corrected chi connectivity index (χ4v) is 5.78. The van der Waals surface area contributed by atoms with E-state index in [4.69, 9.17) is 5.11 Å². The number of carbonyl (C=O) groups is 4. The van der Waals surface area contributed by atoms with Gasteiger partial charge in [0.15, 0.2) is 0 Å². The number of aliphatic carboxylic acids is 2. The van der Waals surface area contributed by atoms with Crippen LogP contribution in [-0.2, 0) is 39.4 Å². The quantitative estimate of drug-likeness (QED) is 0.180. The van der Waals surface area contributed by atoms with Gasteiger partial charge < -0.3 is 10.2 Å². The van der Waals surface area contributed by atoms with Gasteiger partial charge in [0.25, 0.3) is 15.0 Å². The molecule has 2 unspecified atom stereocenters. The number of hydrogen-bond acceptors (Lipinski definition) is 8. The third-order valence-corrected chi connectivity index (χ3v) is 6.86. The van der Waals surface area contributed by atoms with Crippen molar-refractivity contribution in [3.63, 3.8) is 0 Å². The van der Waals surface area contributed by atoms with Crippen LogP contribution in [0.3, 0.4) is 0 Å². The Labute approximate surface area is 153 Å². The molecule has 1 saturated heterocycles. The van der Waals surface area contributed by atoms with Gasteiger partial charge >= 0.3 is 22.1 Å². The SMILES string of the molecule is O=C(O)CCCCC(C(C(=O)O)(N1C(=O)CCC1=O)S(=O)(=O)O)S(=O)(=O)O. The minimum absolute atomic E-state index is 0.232. The summed E-state index contributed by atoms with van der Waals surface area (Å²) in [5.41, 5.74) is 0. The fraction of sp³-hybridized carbons (Fsp3) is 0.667. The predicted molar refractivity (Wildman–Crippen MR) is 84.4 cm³/mol. The zero-order chi connectivity index (χ0) is 21.2. The van der Waals surface area contributed by atoms with Gasteiger partial charge in [-0.25, -0.2) is 9.69 Å². The highest BCUT2D eigenvalue weighted by Crippen LogP contribution is 2.37. The number of amides is 2. The van der Waals surface area contributed by atoms with Crippen LogP contribution in [0.5, 0.6) is 0 Å². The normalized spacial score (nSPS) is 19.0. The van der Waals surface area contributed by atoms with E-state index in [0.717, 1.165) is 0 Å². The molecule has 2 atom stereocenters. The Bertz CT molecular complexity index is 845. The van der Waals surface area contributed by atoms with E-state index in [2.05, 4.69) is 0 Å². The summed E-state index contributed by atoms with van der Waals surface area (Å²) >= 11 is 0. The summed E-state index contributed by atoms with van der Waals surface area (Å²) < 4.78 is 66.5. The van der Waals surface area contributed by atoms with Gasteiger partial charge in [-0.3, -0.25) is 23.5 Å². The van der Waals surface area contributed by atoms with E-state index in [1.165, 1.54) is 0 Å². The highest BCUT2D eigenvalue weighted by molar-refractivity contribution is 7.91. The molecular weight excluding hydrogens is 414 g/mol. The molecular formula is C12H17NO12S2. The molecule has 1 heterocycles. The van der Waals surface area contributed by atoms with Crippen LogP contribution in [0.1, 0.15) is 38.5 Å². The average molecular weight is 431 g/mol. The van der Waals surface area contributed by atoms with Crippen LogP contribution in [0.4, 0.5) is 0 Å². The Morgan fingerprint density at radius 3 is 1.81 bits per heavy atom. The Kier molecular flexibility index (Phi) is 6.69. The molecule has 0 aliphatic carbocycles. The lowest BCUT2D eigenvalue weighted by atomic mass is 10.0. The van der Waals surface area contributed by atoms with Gasteiger partial charge in [0.05, 0.1) is 0 Å². The largest absolute Gasteiger partial charge is 0.481 e. The summed E-state index contributed by atoms with van der Waals surface area (Å²) in [5.74, 6) is -6.56. The molecule has 0 aromatic rings. The Morgan fingerprint density at radius 1 is 1.00 bits per heavy atom. The number of carbonyl (C=O) groups excluding carboxylic acids is 2. The van der Waals surface area contributed by atoms with Crippen molar-refractivity contribution >= 4 is 44.0 Å². The number of likely N-dealkylation sites (tertiary alicyclic amines) is 1. The van der Waals surface area contributed by atoms with Gasteiger partial charge in [0.2, 0.25) is 11.8 Å². The molecule has 0 radical (unpaired) electrons. The van der Waals surface area contributed by atoms with Crippen LogP contribution in [0.25, 0.3) is 0 Å². The minimum Gasteiger partial charge on any atom is -0.481 e. The van der Waals surface area contributed by atoms with Crippen molar-refractivity contribution < 1.29 is 55.3 Å². The van der Waals surface area contributed by atoms with E-state index in [1.807, 2.05) is 0 Å². The van der Waals surface area contributed by atoms with Crippen LogP contribution < -0.4 is 0 Å². The lowest BCUT2D eigenvalue weighted by Gasteiger charge is -2.38. The first-order valence-corrected chi connectivity index (χ1v) is 10.4. The summed E-state index contributed by atoms with van der Waals surface area (Å²) in [5, 5.41) is 15.2. The van der Waals surface area contributed by atoms with Gasteiger partial charge in [0, 0.05) is 19.3 Å². The molecule has 0 aromatic carbocycles. The highest BCUT2D eigenvalue weighted by atomic mass is 32.2. The van der Waals surface area contributed by atoms with Gasteiger partial charge in [-0.05, 0) is 12.8 Å². The van der Waals surface area contributed by atoms with E-state index < -0.39 is 86.2 Å². The van der Waals surface area contributed by atoms with Crippen LogP contribution in [0.15, 0.2) is 0 Å². The molecule has 0 spiro atoms. The van der Waals surface area contributed by atoms with Crippen LogP contribution in [-0.4, -0.2) is 74.9 Å². The van der Waals surface area contributed by atoms with E-state index in [9.17, 15) is 50.2 Å². The summed E-state index contributed by atoms with van der Waals surface area (Å²) in [7, 11) is -11.5. The number of hydrogen-bond donors (Lipinski definition) is 4. The standard InChI is InChI=1S/C12H17NO12S2/c14-8-5-6-9(15)13(8)12(11(18)19,27(23,24)25)7(26(20,21)22)3-1-2-4-10(16)17/h7H,1-6H2,(H,16,17)(H,18,19)(H,20,21,22)(H,23,24,25). The maximum atomic E-state index is 12.0. The maximum absolute atomic E-state index is 12.0. The van der Waals surface area contributed by atoms with E-state index >= 15 is 0 Å². The lowest BCUT2D eigenvalue weighted by Crippen LogP contribution is -2.69. The van der Waals surface area contributed by atoms with Crippen LogP contribution in [0.2, 0.25) is 0 Å². The second-order valence-corrected chi connectivity index (χ2v) is 8.91. The molecule has 13 nitrogen and oxygen atoms in total. The number of carboxylic acids is 2. The van der Waals surface area contributed by atoms with Crippen molar-refractivity contribution in [3.05, 3.63) is 0 Å². The number of carboxylic acid groups (broad SMARTS) is 2. The molecule has 27 heavy (non-hydrogen) atoms. The van der Waals surface area contributed by atoms with Crippen molar-refractivity contribution in [2.45, 2.75) is 48.6 Å². The molecule has 2 amide bonds. The summed E-state index contributed by atoms with van der Waals surface area (Å²) in [6.07, 6.45) is -3.33.